The normalized spacial score (nSPS) is 13.9. The molecule has 0 spiro atoms. The molecule has 1 rings (SSSR count). The quantitative estimate of drug-likeness (QED) is 0.247. The van der Waals surface area contributed by atoms with E-state index in [1.54, 1.807) is 0 Å². The van der Waals surface area contributed by atoms with Crippen LogP contribution in [0.15, 0.2) is 24.3 Å². The average Bonchev–Trinajstić information content (AvgIpc) is 2.29. The molecule has 3 radical (unpaired) electrons. The fraction of sp³-hybridized carbons (Fsp3) is 0.222. The van der Waals surface area contributed by atoms with Crippen molar-refractivity contribution in [3.05, 3.63) is 34.4 Å². The Labute approximate surface area is 94.7 Å². The lowest BCUT2D eigenvalue weighted by Gasteiger charge is -2.22. The third kappa shape index (κ3) is 2.88. The molecule has 0 aliphatic heterocycles. The number of methoxy groups -OCH3 is 1. The van der Waals surface area contributed by atoms with Gasteiger partial charge in [0.1, 0.15) is 16.0 Å². The number of carbonyl (C=O) groups excluding carboxylic acids is 1. The summed E-state index contributed by atoms with van der Waals surface area (Å²) >= 11 is 0. The number of benzene rings is 1. The molecule has 0 bridgehead atoms. The van der Waals surface area contributed by atoms with Crippen LogP contribution in [-0.4, -0.2) is 34.0 Å². The van der Waals surface area contributed by atoms with Gasteiger partial charge in [0.15, 0.2) is 6.29 Å². The molecule has 1 unspecified atom stereocenters. The van der Waals surface area contributed by atoms with Crippen LogP contribution in [0.1, 0.15) is 0 Å². The molecule has 1 atom stereocenters. The highest BCUT2D eigenvalue weighted by Crippen LogP contribution is 2.21. The maximum atomic E-state index is 10.6. The van der Waals surface area contributed by atoms with E-state index < -0.39 is 10.3 Å². The van der Waals surface area contributed by atoms with Crippen molar-refractivity contribution in [1.82, 2.24) is 0 Å². The lowest BCUT2D eigenvalue weighted by Crippen LogP contribution is -2.40. The van der Waals surface area contributed by atoms with E-state index in [0.717, 1.165) is 0 Å². The van der Waals surface area contributed by atoms with E-state index in [1.165, 1.54) is 31.4 Å². The lowest BCUT2D eigenvalue weighted by molar-refractivity contribution is -0.385. The van der Waals surface area contributed by atoms with Crippen molar-refractivity contribution in [3.8, 4) is 5.75 Å². The van der Waals surface area contributed by atoms with Gasteiger partial charge in [0.2, 0.25) is 5.41 Å². The van der Waals surface area contributed by atoms with Crippen LogP contribution in [0, 0.1) is 10.1 Å². The van der Waals surface area contributed by atoms with Gasteiger partial charge < -0.3 is 9.47 Å². The summed E-state index contributed by atoms with van der Waals surface area (Å²) in [7, 11) is 4.22. The van der Waals surface area contributed by atoms with Crippen LogP contribution in [0.3, 0.4) is 0 Å². The first-order chi connectivity index (χ1) is 7.50. The number of non-ortho nitro benzene ring substituents is 1. The molecule has 6 nitrogen and oxygen atoms in total. The molecule has 0 N–H and O–H groups in total. The summed E-state index contributed by atoms with van der Waals surface area (Å²) in [6, 6.07) is 5.43. The molecular formula is C9H8NO5Si. The van der Waals surface area contributed by atoms with Crippen molar-refractivity contribution < 1.29 is 19.2 Å². The van der Waals surface area contributed by atoms with E-state index in [0.29, 0.717) is 6.29 Å². The van der Waals surface area contributed by atoms with Gasteiger partial charge in [-0.2, -0.15) is 0 Å². The zero-order valence-electron chi connectivity index (χ0n) is 8.38. The predicted octanol–water partition coefficient (Wildman–Crippen LogP) is 0.641. The summed E-state index contributed by atoms with van der Waals surface area (Å²) in [6.07, 6.45) is 0.392. The molecule has 16 heavy (non-hydrogen) atoms. The SMILES string of the molecule is COC([Si])(C=O)Oc1cccc([N+](=O)[O-])c1. The molecule has 0 saturated heterocycles. The number of nitro groups is 1. The van der Waals surface area contributed by atoms with Crippen LogP contribution in [0.25, 0.3) is 0 Å². The molecule has 0 aliphatic carbocycles. The predicted molar refractivity (Wildman–Crippen MR) is 55.3 cm³/mol. The number of nitrogens with zero attached hydrogens (tertiary/aromatic N) is 1. The van der Waals surface area contributed by atoms with Gasteiger partial charge in [0.05, 0.1) is 11.0 Å². The summed E-state index contributed by atoms with van der Waals surface area (Å²) in [4.78, 5) is 20.6. The van der Waals surface area contributed by atoms with Crippen LogP contribution in [0.2, 0.25) is 0 Å². The zero-order valence-corrected chi connectivity index (χ0v) is 9.38. The van der Waals surface area contributed by atoms with Crippen molar-refractivity contribution in [2.45, 2.75) is 5.41 Å². The van der Waals surface area contributed by atoms with Crippen LogP contribution >= 0.6 is 0 Å². The second kappa shape index (κ2) is 4.86. The van der Waals surface area contributed by atoms with Crippen molar-refractivity contribution in [1.29, 1.82) is 0 Å². The molecule has 0 saturated carbocycles. The highest BCUT2D eigenvalue weighted by molar-refractivity contribution is 6.22. The molecule has 0 fully saturated rings. The third-order valence-electron chi connectivity index (χ3n) is 1.76. The van der Waals surface area contributed by atoms with Crippen LogP contribution in [-0.2, 0) is 9.53 Å². The van der Waals surface area contributed by atoms with Crippen LogP contribution in [0.4, 0.5) is 5.69 Å². The minimum Gasteiger partial charge on any atom is -0.460 e. The Morgan fingerprint density at radius 2 is 2.25 bits per heavy atom. The first-order valence-corrected chi connectivity index (χ1v) is 4.71. The first kappa shape index (κ1) is 12.3. The number of hydrogen-bond donors (Lipinski definition) is 0. The Hall–Kier alpha value is -1.73. The fourth-order valence-corrected chi connectivity index (χ4v) is 1.07. The van der Waals surface area contributed by atoms with E-state index in [1.807, 2.05) is 0 Å². The summed E-state index contributed by atoms with van der Waals surface area (Å²) in [5.74, 6) is 0.151. The number of nitro benzene ring substituents is 1. The molecule has 1 aromatic rings. The second-order valence-electron chi connectivity index (χ2n) is 2.85. The maximum Gasteiger partial charge on any atom is 0.273 e. The highest BCUT2D eigenvalue weighted by Gasteiger charge is 2.25. The number of aldehydes is 1. The van der Waals surface area contributed by atoms with E-state index in [9.17, 15) is 14.9 Å². The van der Waals surface area contributed by atoms with Crippen LogP contribution < -0.4 is 4.74 Å². The van der Waals surface area contributed by atoms with Gasteiger partial charge in [-0.1, -0.05) is 6.07 Å². The molecule has 83 valence electrons. The van der Waals surface area contributed by atoms with E-state index in [4.69, 9.17) is 9.47 Å². The Kier molecular flexibility index (Phi) is 3.75. The van der Waals surface area contributed by atoms with Gasteiger partial charge in [-0.25, -0.2) is 0 Å². The molecular weight excluding hydrogens is 230 g/mol. The summed E-state index contributed by atoms with van der Waals surface area (Å²) in [5.41, 5.74) is -1.76. The summed E-state index contributed by atoms with van der Waals surface area (Å²) < 4.78 is 9.85. The first-order valence-electron chi connectivity index (χ1n) is 4.21. The number of carbonyl (C=O) groups is 1. The molecule has 0 aromatic heterocycles. The number of ether oxygens (including phenoxy) is 2. The Bertz CT molecular complexity index is 411. The topological polar surface area (TPSA) is 78.7 Å². The smallest absolute Gasteiger partial charge is 0.273 e. The van der Waals surface area contributed by atoms with Gasteiger partial charge >= 0.3 is 0 Å². The maximum absolute atomic E-state index is 10.6. The monoisotopic (exact) mass is 238 g/mol. The largest absolute Gasteiger partial charge is 0.460 e. The summed E-state index contributed by atoms with van der Waals surface area (Å²) in [5, 5.41) is 10.5. The average molecular weight is 238 g/mol. The van der Waals surface area contributed by atoms with Gasteiger partial charge in [-0.05, 0) is 6.07 Å². The molecule has 0 amide bonds. The van der Waals surface area contributed by atoms with Gasteiger partial charge in [0.25, 0.3) is 5.69 Å². The number of rotatable bonds is 5. The van der Waals surface area contributed by atoms with Crippen LogP contribution in [0.5, 0.6) is 5.75 Å². The minimum atomic E-state index is -1.63. The fourth-order valence-electron chi connectivity index (χ4n) is 0.949. The molecule has 7 heteroatoms. The van der Waals surface area contributed by atoms with Gasteiger partial charge in [0, 0.05) is 13.2 Å². The standard InChI is InChI=1S/C9H8NO5Si/c1-14-9(16,6-11)15-8-4-2-3-7(5-8)10(12)13/h2-6H,1H3. The van der Waals surface area contributed by atoms with E-state index in [-0.39, 0.29) is 11.4 Å². The Morgan fingerprint density at radius 1 is 1.56 bits per heavy atom. The van der Waals surface area contributed by atoms with Gasteiger partial charge in [-0.15, -0.1) is 0 Å². The second-order valence-corrected chi connectivity index (χ2v) is 3.54. The number of hydrogen-bond acceptors (Lipinski definition) is 5. The van der Waals surface area contributed by atoms with Crippen molar-refractivity contribution in [2.75, 3.05) is 7.11 Å². The van der Waals surface area contributed by atoms with E-state index in [2.05, 4.69) is 10.2 Å². The summed E-state index contributed by atoms with van der Waals surface area (Å²) in [6.45, 7) is 0. The highest BCUT2D eigenvalue weighted by atomic mass is 28.1. The third-order valence-corrected chi connectivity index (χ3v) is 2.18. The van der Waals surface area contributed by atoms with Gasteiger partial charge in [-0.3, -0.25) is 14.9 Å². The van der Waals surface area contributed by atoms with Crippen molar-refractivity contribution in [2.24, 2.45) is 0 Å². The molecule has 0 aliphatic rings. The Balaban J connectivity index is 2.93. The Morgan fingerprint density at radius 3 is 2.75 bits per heavy atom. The minimum absolute atomic E-state index is 0.131. The zero-order chi connectivity index (χ0) is 12.2. The van der Waals surface area contributed by atoms with Crippen molar-refractivity contribution >= 4 is 22.2 Å². The lowest BCUT2D eigenvalue weighted by atomic mass is 10.3. The molecule has 0 heterocycles. The van der Waals surface area contributed by atoms with E-state index >= 15 is 0 Å². The molecule has 1 aromatic carbocycles. The van der Waals surface area contributed by atoms with Crippen molar-refractivity contribution in [3.63, 3.8) is 0 Å².